The quantitative estimate of drug-likeness (QED) is 0.909. The molecule has 0 bridgehead atoms. The lowest BCUT2D eigenvalue weighted by Gasteiger charge is -2.15. The minimum atomic E-state index is -0.360. The normalized spacial score (nSPS) is 13.7. The summed E-state index contributed by atoms with van der Waals surface area (Å²) in [5.41, 5.74) is 2.27. The number of H-pyrrole nitrogens is 1. The third-order valence-corrected chi connectivity index (χ3v) is 3.86. The van der Waals surface area contributed by atoms with E-state index in [9.17, 15) is 4.79 Å². The van der Waals surface area contributed by atoms with E-state index in [1.165, 1.54) is 0 Å². The van der Waals surface area contributed by atoms with Gasteiger partial charge in [0.25, 0.3) is 0 Å². The number of anilines is 1. The number of hydrogen-bond acceptors (Lipinski definition) is 5. The van der Waals surface area contributed by atoms with Crippen LogP contribution in [-0.4, -0.2) is 30.7 Å². The van der Waals surface area contributed by atoms with Crippen LogP contribution in [0.15, 0.2) is 23.0 Å². The van der Waals surface area contributed by atoms with Crippen molar-refractivity contribution >= 4 is 5.82 Å². The molecule has 0 radical (unpaired) electrons. The minimum Gasteiger partial charge on any atom is -0.497 e. The zero-order valence-corrected chi connectivity index (χ0v) is 12.7. The van der Waals surface area contributed by atoms with Crippen LogP contribution >= 0.6 is 0 Å². The highest BCUT2D eigenvalue weighted by Gasteiger charge is 2.19. The van der Waals surface area contributed by atoms with E-state index in [-0.39, 0.29) is 5.69 Å². The van der Waals surface area contributed by atoms with Crippen LogP contribution in [0.5, 0.6) is 11.5 Å². The summed E-state index contributed by atoms with van der Waals surface area (Å²) in [4.78, 5) is 18.8. The second-order valence-corrected chi connectivity index (χ2v) is 5.19. The fourth-order valence-electron chi connectivity index (χ4n) is 2.76. The maximum atomic E-state index is 11.9. The molecule has 1 aromatic heterocycles. The first-order valence-electron chi connectivity index (χ1n) is 7.32. The Bertz CT molecular complexity index is 740. The summed E-state index contributed by atoms with van der Waals surface area (Å²) in [7, 11) is 3.22. The molecule has 3 rings (SSSR count). The topological polar surface area (TPSA) is 76.2 Å². The van der Waals surface area contributed by atoms with Crippen molar-refractivity contribution in [3.63, 3.8) is 0 Å². The fourth-order valence-corrected chi connectivity index (χ4v) is 2.76. The lowest BCUT2D eigenvalue weighted by atomic mass is 10.0. The van der Waals surface area contributed by atoms with Crippen LogP contribution in [0.1, 0.15) is 18.4 Å². The van der Waals surface area contributed by atoms with Crippen molar-refractivity contribution in [1.29, 1.82) is 0 Å². The number of nitrogens with one attached hydrogen (secondary N) is 2. The molecule has 1 aliphatic rings. The Hall–Kier alpha value is -2.50. The number of nitrogens with zero attached hydrogens (tertiary/aromatic N) is 1. The molecule has 0 amide bonds. The Balaban J connectivity index is 2.20. The predicted molar refractivity (Wildman–Crippen MR) is 84.8 cm³/mol. The van der Waals surface area contributed by atoms with Gasteiger partial charge in [0.05, 0.1) is 19.9 Å². The zero-order chi connectivity index (χ0) is 15.5. The first kappa shape index (κ1) is 14.4. The molecule has 1 aromatic carbocycles. The lowest BCUT2D eigenvalue weighted by molar-refractivity contribution is 0.395. The van der Waals surface area contributed by atoms with Gasteiger partial charge in [0.1, 0.15) is 17.3 Å². The van der Waals surface area contributed by atoms with Gasteiger partial charge in [-0.2, -0.15) is 4.98 Å². The van der Waals surface area contributed by atoms with Crippen molar-refractivity contribution in [3.8, 4) is 22.8 Å². The zero-order valence-electron chi connectivity index (χ0n) is 12.7. The summed E-state index contributed by atoms with van der Waals surface area (Å²) >= 11 is 0. The van der Waals surface area contributed by atoms with Gasteiger partial charge in [-0.05, 0) is 31.4 Å². The van der Waals surface area contributed by atoms with Crippen LogP contribution in [-0.2, 0) is 6.42 Å². The molecular formula is C16H19N3O3. The van der Waals surface area contributed by atoms with Gasteiger partial charge >= 0.3 is 5.69 Å². The van der Waals surface area contributed by atoms with Crippen LogP contribution in [0.2, 0.25) is 0 Å². The largest absolute Gasteiger partial charge is 0.497 e. The van der Waals surface area contributed by atoms with Crippen molar-refractivity contribution in [2.45, 2.75) is 19.3 Å². The van der Waals surface area contributed by atoms with E-state index in [1.807, 2.05) is 18.2 Å². The Morgan fingerprint density at radius 2 is 2.05 bits per heavy atom. The maximum Gasteiger partial charge on any atom is 0.347 e. The van der Waals surface area contributed by atoms with E-state index in [0.717, 1.165) is 42.6 Å². The Labute approximate surface area is 128 Å². The molecule has 2 heterocycles. The van der Waals surface area contributed by atoms with Crippen LogP contribution in [0.4, 0.5) is 5.82 Å². The third-order valence-electron chi connectivity index (χ3n) is 3.86. The minimum absolute atomic E-state index is 0.360. The van der Waals surface area contributed by atoms with E-state index in [0.29, 0.717) is 17.3 Å². The Kier molecular flexibility index (Phi) is 4.00. The maximum absolute atomic E-state index is 11.9. The number of aromatic amines is 1. The highest BCUT2D eigenvalue weighted by atomic mass is 16.5. The lowest BCUT2D eigenvalue weighted by Crippen LogP contribution is -2.17. The van der Waals surface area contributed by atoms with Gasteiger partial charge in [-0.15, -0.1) is 0 Å². The molecular weight excluding hydrogens is 282 g/mol. The molecule has 0 aliphatic carbocycles. The van der Waals surface area contributed by atoms with E-state index >= 15 is 0 Å². The van der Waals surface area contributed by atoms with Gasteiger partial charge in [-0.1, -0.05) is 0 Å². The number of hydrogen-bond donors (Lipinski definition) is 2. The Morgan fingerprint density at radius 1 is 1.18 bits per heavy atom. The van der Waals surface area contributed by atoms with Gasteiger partial charge in [0, 0.05) is 23.7 Å². The van der Waals surface area contributed by atoms with Crippen LogP contribution in [0, 0.1) is 0 Å². The summed E-state index contributed by atoms with van der Waals surface area (Å²) in [6.45, 7) is 0.836. The SMILES string of the molecule is COc1ccc(-c2[nH]c(=O)nc3c2CCCCN3)c(OC)c1. The average molecular weight is 301 g/mol. The molecule has 2 aromatic rings. The Morgan fingerprint density at radius 3 is 2.82 bits per heavy atom. The predicted octanol–water partition coefficient (Wildman–Crippen LogP) is 2.20. The number of ether oxygens (including phenoxy) is 2. The van der Waals surface area contributed by atoms with E-state index in [4.69, 9.17) is 9.47 Å². The number of methoxy groups -OCH3 is 2. The van der Waals surface area contributed by atoms with Gasteiger partial charge in [0.15, 0.2) is 0 Å². The van der Waals surface area contributed by atoms with Crippen molar-refractivity contribution in [2.75, 3.05) is 26.1 Å². The van der Waals surface area contributed by atoms with Crippen LogP contribution < -0.4 is 20.5 Å². The van der Waals surface area contributed by atoms with Crippen LogP contribution in [0.25, 0.3) is 11.3 Å². The standard InChI is InChI=1S/C16H19N3O3/c1-21-10-6-7-11(13(9-10)22-2)14-12-5-3-4-8-17-15(12)19-16(20)18-14/h6-7,9H,3-5,8H2,1-2H3,(H2,17,18,19,20). The molecule has 2 N–H and O–H groups in total. The van der Waals surface area contributed by atoms with Gasteiger partial charge in [0.2, 0.25) is 0 Å². The highest BCUT2D eigenvalue weighted by molar-refractivity contribution is 5.74. The molecule has 0 saturated heterocycles. The molecule has 116 valence electrons. The fraction of sp³-hybridized carbons (Fsp3) is 0.375. The summed E-state index contributed by atoms with van der Waals surface area (Å²) in [6, 6.07) is 5.56. The molecule has 22 heavy (non-hydrogen) atoms. The van der Waals surface area contributed by atoms with Gasteiger partial charge in [-0.3, -0.25) is 0 Å². The number of benzene rings is 1. The first-order chi connectivity index (χ1) is 10.7. The van der Waals surface area contributed by atoms with Crippen molar-refractivity contribution in [3.05, 3.63) is 34.2 Å². The van der Waals surface area contributed by atoms with Gasteiger partial charge in [-0.25, -0.2) is 4.79 Å². The molecule has 0 fully saturated rings. The highest BCUT2D eigenvalue weighted by Crippen LogP contribution is 2.36. The molecule has 1 aliphatic heterocycles. The van der Waals surface area contributed by atoms with Gasteiger partial charge < -0.3 is 19.8 Å². The molecule has 0 atom stereocenters. The monoisotopic (exact) mass is 301 g/mol. The second kappa shape index (κ2) is 6.09. The summed E-state index contributed by atoms with van der Waals surface area (Å²) in [5.74, 6) is 2.04. The summed E-state index contributed by atoms with van der Waals surface area (Å²) < 4.78 is 10.7. The van der Waals surface area contributed by atoms with E-state index in [1.54, 1.807) is 14.2 Å². The van der Waals surface area contributed by atoms with E-state index < -0.39 is 0 Å². The molecule has 6 heteroatoms. The first-order valence-corrected chi connectivity index (χ1v) is 7.32. The van der Waals surface area contributed by atoms with E-state index in [2.05, 4.69) is 15.3 Å². The van der Waals surface area contributed by atoms with Crippen LogP contribution in [0.3, 0.4) is 0 Å². The molecule has 0 spiro atoms. The second-order valence-electron chi connectivity index (χ2n) is 5.19. The summed E-state index contributed by atoms with van der Waals surface area (Å²) in [6.07, 6.45) is 2.99. The third kappa shape index (κ3) is 2.64. The van der Waals surface area contributed by atoms with Crippen molar-refractivity contribution in [2.24, 2.45) is 0 Å². The summed E-state index contributed by atoms with van der Waals surface area (Å²) in [5, 5.41) is 3.24. The smallest absolute Gasteiger partial charge is 0.347 e. The molecule has 0 saturated carbocycles. The number of aromatic nitrogens is 2. The van der Waals surface area contributed by atoms with Crippen molar-refractivity contribution in [1.82, 2.24) is 9.97 Å². The average Bonchev–Trinajstić information content (AvgIpc) is 2.78. The molecule has 6 nitrogen and oxygen atoms in total. The number of fused-ring (bicyclic) bond motifs is 1. The number of rotatable bonds is 3. The molecule has 0 unspecified atom stereocenters. The van der Waals surface area contributed by atoms with Crippen molar-refractivity contribution < 1.29 is 9.47 Å².